The number of β-amino-alcohol motifs (C(OH)–C–C–N with tert-alkyl or cyclic N) is 1. The summed E-state index contributed by atoms with van der Waals surface area (Å²) in [6.07, 6.45) is -0.495. The van der Waals surface area contributed by atoms with E-state index in [0.717, 1.165) is 9.32 Å². The Morgan fingerprint density at radius 3 is 2.50 bits per heavy atom. The van der Waals surface area contributed by atoms with E-state index in [1.54, 1.807) is 0 Å². The fourth-order valence-corrected chi connectivity index (χ4v) is 1.77. The first-order chi connectivity index (χ1) is 7.88. The Morgan fingerprint density at radius 1 is 1.33 bits per heavy atom. The van der Waals surface area contributed by atoms with E-state index in [9.17, 15) is 5.11 Å². The predicted octanol–water partition coefficient (Wildman–Crippen LogP) is 2.84. The van der Waals surface area contributed by atoms with Crippen molar-refractivity contribution in [2.24, 2.45) is 0 Å². The molecule has 0 aliphatic carbocycles. The Morgan fingerprint density at radius 2 is 1.94 bits per heavy atom. The van der Waals surface area contributed by atoms with Gasteiger partial charge in [0.05, 0.1) is 3.57 Å². The highest BCUT2D eigenvalue weighted by atomic mass is 127. The monoisotopic (exact) mass is 385 g/mol. The van der Waals surface area contributed by atoms with Gasteiger partial charge in [0.25, 0.3) is 0 Å². The molecule has 2 N–H and O–H groups in total. The Labute approximate surface area is 129 Å². The number of aliphatic hydroxyl groups is 1. The molecule has 0 aliphatic heterocycles. The highest BCUT2D eigenvalue weighted by Gasteiger charge is 2.12. The van der Waals surface area contributed by atoms with Crippen LogP contribution < -0.4 is 10.1 Å². The van der Waals surface area contributed by atoms with Crippen molar-refractivity contribution in [2.45, 2.75) is 32.4 Å². The highest BCUT2D eigenvalue weighted by molar-refractivity contribution is 14.1. The lowest BCUT2D eigenvalue weighted by molar-refractivity contribution is 0.0996. The molecular formula is C13H21ClINO2. The summed E-state index contributed by atoms with van der Waals surface area (Å²) in [5, 5.41) is 13.0. The molecular weight excluding hydrogens is 365 g/mol. The average molecular weight is 386 g/mol. The van der Waals surface area contributed by atoms with Gasteiger partial charge in [-0.1, -0.05) is 12.1 Å². The molecule has 1 aromatic carbocycles. The van der Waals surface area contributed by atoms with Gasteiger partial charge in [0, 0.05) is 12.1 Å². The molecule has 1 unspecified atom stereocenters. The van der Waals surface area contributed by atoms with E-state index in [2.05, 4.69) is 48.7 Å². The van der Waals surface area contributed by atoms with Gasteiger partial charge in [-0.05, 0) is 55.5 Å². The summed E-state index contributed by atoms with van der Waals surface area (Å²) in [7, 11) is 0. The maximum atomic E-state index is 9.77. The molecule has 0 aliphatic rings. The van der Waals surface area contributed by atoms with Crippen LogP contribution in [0.4, 0.5) is 0 Å². The first-order valence-corrected chi connectivity index (χ1v) is 6.77. The van der Waals surface area contributed by atoms with Crippen LogP contribution in [0.25, 0.3) is 0 Å². The number of para-hydroxylation sites is 1. The van der Waals surface area contributed by atoms with Crippen LogP contribution in [0.1, 0.15) is 20.8 Å². The standard InChI is InChI=1S/C13H20INO2.ClH/c1-13(2,3)15-8-10(16)9-17-12-7-5-4-6-11(12)14;/h4-7,10,15-16H,8-9H2,1-3H3;1H. The van der Waals surface area contributed by atoms with Crippen LogP contribution in [0.2, 0.25) is 0 Å². The van der Waals surface area contributed by atoms with Gasteiger partial charge in [0.2, 0.25) is 0 Å². The van der Waals surface area contributed by atoms with Crippen LogP contribution in [-0.2, 0) is 0 Å². The molecule has 0 aromatic heterocycles. The molecule has 3 nitrogen and oxygen atoms in total. The molecule has 18 heavy (non-hydrogen) atoms. The van der Waals surface area contributed by atoms with Crippen molar-refractivity contribution in [3.63, 3.8) is 0 Å². The second kappa shape index (κ2) is 8.19. The fraction of sp³-hybridized carbons (Fsp3) is 0.538. The summed E-state index contributed by atoms with van der Waals surface area (Å²) < 4.78 is 6.62. The normalized spacial score (nSPS) is 12.7. The second-order valence-electron chi connectivity index (χ2n) is 5.03. The van der Waals surface area contributed by atoms with Crippen molar-refractivity contribution < 1.29 is 9.84 Å². The third kappa shape index (κ3) is 7.41. The van der Waals surface area contributed by atoms with Crippen molar-refractivity contribution in [1.82, 2.24) is 5.32 Å². The largest absolute Gasteiger partial charge is 0.490 e. The van der Waals surface area contributed by atoms with Crippen molar-refractivity contribution in [3.05, 3.63) is 27.8 Å². The minimum Gasteiger partial charge on any atom is -0.490 e. The second-order valence-corrected chi connectivity index (χ2v) is 6.19. The number of rotatable bonds is 5. The molecule has 0 spiro atoms. The number of halogens is 2. The van der Waals surface area contributed by atoms with E-state index in [-0.39, 0.29) is 17.9 Å². The number of benzene rings is 1. The van der Waals surface area contributed by atoms with Gasteiger partial charge in [-0.15, -0.1) is 12.4 Å². The summed E-state index contributed by atoms with van der Waals surface area (Å²) in [5.74, 6) is 0.822. The number of hydrogen-bond donors (Lipinski definition) is 2. The number of nitrogens with one attached hydrogen (secondary N) is 1. The Kier molecular flexibility index (Phi) is 8.18. The van der Waals surface area contributed by atoms with Gasteiger partial charge in [0.15, 0.2) is 0 Å². The number of aliphatic hydroxyl groups excluding tert-OH is 1. The van der Waals surface area contributed by atoms with E-state index in [1.165, 1.54) is 0 Å². The quantitative estimate of drug-likeness (QED) is 0.766. The molecule has 0 radical (unpaired) electrons. The molecule has 0 saturated carbocycles. The third-order valence-corrected chi connectivity index (χ3v) is 3.03. The van der Waals surface area contributed by atoms with Gasteiger partial charge in [-0.3, -0.25) is 0 Å². The van der Waals surface area contributed by atoms with Crippen molar-refractivity contribution >= 4 is 35.0 Å². The zero-order chi connectivity index (χ0) is 12.9. The summed E-state index contributed by atoms with van der Waals surface area (Å²) in [4.78, 5) is 0. The van der Waals surface area contributed by atoms with E-state index in [1.807, 2.05) is 24.3 Å². The highest BCUT2D eigenvalue weighted by Crippen LogP contribution is 2.19. The molecule has 0 fully saturated rings. The minimum atomic E-state index is -0.495. The molecule has 0 bridgehead atoms. The van der Waals surface area contributed by atoms with Crippen molar-refractivity contribution in [3.8, 4) is 5.75 Å². The molecule has 0 saturated heterocycles. The SMILES string of the molecule is CC(C)(C)NCC(O)COc1ccccc1I.Cl. The van der Waals surface area contributed by atoms with Crippen molar-refractivity contribution in [2.75, 3.05) is 13.2 Å². The summed E-state index contributed by atoms with van der Waals surface area (Å²) >= 11 is 2.22. The van der Waals surface area contributed by atoms with Gasteiger partial charge in [-0.25, -0.2) is 0 Å². The maximum Gasteiger partial charge on any atom is 0.132 e. The van der Waals surface area contributed by atoms with E-state index in [0.29, 0.717) is 13.2 Å². The minimum absolute atomic E-state index is 0. The van der Waals surface area contributed by atoms with Gasteiger partial charge in [0.1, 0.15) is 18.5 Å². The first-order valence-electron chi connectivity index (χ1n) is 5.69. The smallest absolute Gasteiger partial charge is 0.132 e. The van der Waals surface area contributed by atoms with E-state index >= 15 is 0 Å². The average Bonchev–Trinajstić information content (AvgIpc) is 2.24. The molecule has 0 amide bonds. The predicted molar refractivity (Wildman–Crippen MR) is 85.7 cm³/mol. The topological polar surface area (TPSA) is 41.5 Å². The van der Waals surface area contributed by atoms with Crippen molar-refractivity contribution in [1.29, 1.82) is 0 Å². The van der Waals surface area contributed by atoms with Crippen LogP contribution in [0.15, 0.2) is 24.3 Å². The molecule has 1 aromatic rings. The molecule has 5 heteroatoms. The Hall–Kier alpha value is -0.0400. The van der Waals surface area contributed by atoms with Gasteiger partial charge < -0.3 is 15.2 Å². The van der Waals surface area contributed by atoms with Crippen LogP contribution in [-0.4, -0.2) is 29.9 Å². The third-order valence-electron chi connectivity index (χ3n) is 2.14. The number of ether oxygens (including phenoxy) is 1. The zero-order valence-electron chi connectivity index (χ0n) is 10.9. The lowest BCUT2D eigenvalue weighted by atomic mass is 10.1. The zero-order valence-corrected chi connectivity index (χ0v) is 13.9. The Balaban J connectivity index is 0.00000289. The molecule has 1 rings (SSSR count). The summed E-state index contributed by atoms with van der Waals surface area (Å²) in [6.45, 7) is 7.05. The molecule has 1 atom stereocenters. The fourth-order valence-electron chi connectivity index (χ4n) is 1.23. The summed E-state index contributed by atoms with van der Waals surface area (Å²) in [6, 6.07) is 7.78. The molecule has 0 heterocycles. The number of hydrogen-bond acceptors (Lipinski definition) is 3. The lowest BCUT2D eigenvalue weighted by Crippen LogP contribution is -2.42. The van der Waals surface area contributed by atoms with Gasteiger partial charge >= 0.3 is 0 Å². The van der Waals surface area contributed by atoms with Crippen LogP contribution in [0.5, 0.6) is 5.75 Å². The Bertz CT molecular complexity index is 355. The first kappa shape index (κ1) is 18.0. The lowest BCUT2D eigenvalue weighted by Gasteiger charge is -2.23. The van der Waals surface area contributed by atoms with Crippen LogP contribution in [0.3, 0.4) is 0 Å². The maximum absolute atomic E-state index is 9.77. The summed E-state index contributed by atoms with van der Waals surface area (Å²) in [5.41, 5.74) is 0.0160. The van der Waals surface area contributed by atoms with Gasteiger partial charge in [-0.2, -0.15) is 0 Å². The van der Waals surface area contributed by atoms with Crippen LogP contribution >= 0.6 is 35.0 Å². The molecule has 104 valence electrons. The van der Waals surface area contributed by atoms with E-state index < -0.39 is 6.10 Å². The van der Waals surface area contributed by atoms with E-state index in [4.69, 9.17) is 4.74 Å². The van der Waals surface area contributed by atoms with Crippen LogP contribution in [0, 0.1) is 3.57 Å².